The highest BCUT2D eigenvalue weighted by Gasteiger charge is 1.91. The molecular formula is C8H12ClN. The quantitative estimate of drug-likeness (QED) is 0.610. The van der Waals surface area contributed by atoms with Gasteiger partial charge in [-0.25, -0.2) is 0 Å². The lowest BCUT2D eigenvalue weighted by Crippen LogP contribution is -1.88. The van der Waals surface area contributed by atoms with Crippen molar-refractivity contribution in [3.05, 3.63) is 29.6 Å². The molecule has 10 heavy (non-hydrogen) atoms. The van der Waals surface area contributed by atoms with Gasteiger partial charge in [0.15, 0.2) is 0 Å². The van der Waals surface area contributed by atoms with Gasteiger partial charge < -0.3 is 0 Å². The topological polar surface area (TPSA) is 12.9 Å². The highest BCUT2D eigenvalue weighted by Crippen LogP contribution is 2.01. The Bertz CT molecular complexity index is 198. The number of aryl methyl sites for hydroxylation is 2. The van der Waals surface area contributed by atoms with Crippen molar-refractivity contribution in [1.82, 2.24) is 4.98 Å². The standard InChI is InChI=1S/C8H11N.ClH/c1-3-8-7(2)5-4-6-9-8;/h4-6H,3H2,1-2H3;1H. The van der Waals surface area contributed by atoms with Crippen LogP contribution in [-0.4, -0.2) is 4.98 Å². The summed E-state index contributed by atoms with van der Waals surface area (Å²) in [6.07, 6.45) is 2.87. The molecule has 0 spiro atoms. The second kappa shape index (κ2) is 4.29. The molecule has 0 atom stereocenters. The summed E-state index contributed by atoms with van der Waals surface area (Å²) in [6.45, 7) is 4.21. The van der Waals surface area contributed by atoms with Crippen molar-refractivity contribution < 1.29 is 0 Å². The predicted octanol–water partition coefficient (Wildman–Crippen LogP) is 2.37. The average molecular weight is 158 g/mol. The van der Waals surface area contributed by atoms with Crippen LogP contribution in [0.15, 0.2) is 18.3 Å². The van der Waals surface area contributed by atoms with Crippen molar-refractivity contribution in [2.45, 2.75) is 20.3 Å². The first-order valence-corrected chi connectivity index (χ1v) is 3.25. The smallest absolute Gasteiger partial charge is 0.0429 e. The molecular weight excluding hydrogens is 146 g/mol. The fraction of sp³-hybridized carbons (Fsp3) is 0.375. The molecule has 0 unspecified atom stereocenters. The third-order valence-electron chi connectivity index (χ3n) is 1.45. The van der Waals surface area contributed by atoms with Crippen molar-refractivity contribution in [2.75, 3.05) is 0 Å². The zero-order valence-corrected chi connectivity index (χ0v) is 7.11. The Morgan fingerprint density at radius 1 is 1.50 bits per heavy atom. The summed E-state index contributed by atoms with van der Waals surface area (Å²) >= 11 is 0. The van der Waals surface area contributed by atoms with E-state index in [1.165, 1.54) is 11.3 Å². The van der Waals surface area contributed by atoms with Gasteiger partial charge in [0.1, 0.15) is 0 Å². The number of hydrogen-bond acceptors (Lipinski definition) is 1. The van der Waals surface area contributed by atoms with Crippen molar-refractivity contribution in [1.29, 1.82) is 0 Å². The Morgan fingerprint density at radius 2 is 2.20 bits per heavy atom. The van der Waals surface area contributed by atoms with Crippen LogP contribution in [0.25, 0.3) is 0 Å². The summed E-state index contributed by atoms with van der Waals surface area (Å²) in [7, 11) is 0. The van der Waals surface area contributed by atoms with Gasteiger partial charge in [0.25, 0.3) is 0 Å². The van der Waals surface area contributed by atoms with Crippen LogP contribution in [0.4, 0.5) is 0 Å². The third-order valence-corrected chi connectivity index (χ3v) is 1.45. The second-order valence-electron chi connectivity index (χ2n) is 2.12. The van der Waals surface area contributed by atoms with Crippen molar-refractivity contribution in [2.24, 2.45) is 0 Å². The van der Waals surface area contributed by atoms with Gasteiger partial charge in [-0.3, -0.25) is 4.98 Å². The van der Waals surface area contributed by atoms with Gasteiger partial charge in [-0.05, 0) is 25.0 Å². The molecule has 1 aromatic rings. The van der Waals surface area contributed by atoms with Crippen LogP contribution < -0.4 is 0 Å². The Labute approximate surface area is 67.9 Å². The number of aromatic nitrogens is 1. The van der Waals surface area contributed by atoms with E-state index < -0.39 is 0 Å². The minimum absolute atomic E-state index is 0. The fourth-order valence-corrected chi connectivity index (χ4v) is 0.889. The van der Waals surface area contributed by atoms with Gasteiger partial charge in [-0.2, -0.15) is 0 Å². The van der Waals surface area contributed by atoms with Gasteiger partial charge >= 0.3 is 0 Å². The SMILES string of the molecule is CCc1ncccc1C.Cl. The molecule has 0 saturated carbocycles. The minimum atomic E-state index is 0. The zero-order chi connectivity index (χ0) is 6.69. The molecule has 0 saturated heterocycles. The van der Waals surface area contributed by atoms with Crippen LogP contribution in [0.5, 0.6) is 0 Å². The van der Waals surface area contributed by atoms with Crippen LogP contribution in [-0.2, 0) is 6.42 Å². The number of hydrogen-bond donors (Lipinski definition) is 0. The average Bonchev–Trinajstić information content (AvgIpc) is 1.89. The Balaban J connectivity index is 0.000000810. The van der Waals surface area contributed by atoms with E-state index in [-0.39, 0.29) is 12.4 Å². The Kier molecular flexibility index (Phi) is 4.05. The summed E-state index contributed by atoms with van der Waals surface area (Å²) in [5.41, 5.74) is 2.50. The lowest BCUT2D eigenvalue weighted by molar-refractivity contribution is 1.01. The maximum atomic E-state index is 4.20. The van der Waals surface area contributed by atoms with Crippen LogP contribution in [0, 0.1) is 6.92 Å². The number of nitrogens with zero attached hydrogens (tertiary/aromatic N) is 1. The van der Waals surface area contributed by atoms with Crippen LogP contribution in [0.1, 0.15) is 18.2 Å². The van der Waals surface area contributed by atoms with Gasteiger partial charge in [0.05, 0.1) is 0 Å². The predicted molar refractivity (Wildman–Crippen MR) is 45.6 cm³/mol. The van der Waals surface area contributed by atoms with Gasteiger partial charge in [0.2, 0.25) is 0 Å². The minimum Gasteiger partial charge on any atom is -0.261 e. The van der Waals surface area contributed by atoms with Crippen LogP contribution in [0.3, 0.4) is 0 Å². The number of rotatable bonds is 1. The molecule has 1 aromatic heterocycles. The molecule has 2 heteroatoms. The fourth-order valence-electron chi connectivity index (χ4n) is 0.889. The molecule has 0 aliphatic heterocycles. The number of pyridine rings is 1. The molecule has 0 aromatic carbocycles. The molecule has 0 aliphatic rings. The van der Waals surface area contributed by atoms with Gasteiger partial charge in [-0.15, -0.1) is 12.4 Å². The molecule has 0 N–H and O–H groups in total. The second-order valence-corrected chi connectivity index (χ2v) is 2.12. The normalized spacial score (nSPS) is 8.60. The molecule has 0 bridgehead atoms. The van der Waals surface area contributed by atoms with Crippen molar-refractivity contribution >= 4 is 12.4 Å². The van der Waals surface area contributed by atoms with Crippen molar-refractivity contribution in [3.8, 4) is 0 Å². The highest BCUT2D eigenvalue weighted by atomic mass is 35.5. The van der Waals surface area contributed by atoms with E-state index in [1.54, 1.807) is 0 Å². The molecule has 1 rings (SSSR count). The first kappa shape index (κ1) is 9.44. The highest BCUT2D eigenvalue weighted by molar-refractivity contribution is 5.85. The molecule has 0 amide bonds. The first-order chi connectivity index (χ1) is 4.34. The summed E-state index contributed by atoms with van der Waals surface area (Å²) in [4.78, 5) is 4.20. The maximum absolute atomic E-state index is 4.20. The van der Waals surface area contributed by atoms with Crippen molar-refractivity contribution in [3.63, 3.8) is 0 Å². The van der Waals surface area contributed by atoms with E-state index in [9.17, 15) is 0 Å². The summed E-state index contributed by atoms with van der Waals surface area (Å²) in [5.74, 6) is 0. The van der Waals surface area contributed by atoms with E-state index in [4.69, 9.17) is 0 Å². The molecule has 0 fully saturated rings. The lowest BCUT2D eigenvalue weighted by atomic mass is 10.2. The first-order valence-electron chi connectivity index (χ1n) is 3.25. The van der Waals surface area contributed by atoms with Gasteiger partial charge in [0, 0.05) is 11.9 Å². The van der Waals surface area contributed by atoms with E-state index in [1.807, 2.05) is 12.3 Å². The Morgan fingerprint density at radius 3 is 2.60 bits per heavy atom. The lowest BCUT2D eigenvalue weighted by Gasteiger charge is -1.97. The molecule has 0 radical (unpaired) electrons. The van der Waals surface area contributed by atoms with E-state index >= 15 is 0 Å². The summed E-state index contributed by atoms with van der Waals surface area (Å²) in [6, 6.07) is 4.06. The molecule has 1 nitrogen and oxygen atoms in total. The molecule has 1 heterocycles. The summed E-state index contributed by atoms with van der Waals surface area (Å²) in [5, 5.41) is 0. The molecule has 0 aliphatic carbocycles. The van der Waals surface area contributed by atoms with E-state index in [0.29, 0.717) is 0 Å². The van der Waals surface area contributed by atoms with E-state index in [2.05, 4.69) is 24.9 Å². The molecule has 56 valence electrons. The van der Waals surface area contributed by atoms with Crippen LogP contribution in [0.2, 0.25) is 0 Å². The summed E-state index contributed by atoms with van der Waals surface area (Å²) < 4.78 is 0. The maximum Gasteiger partial charge on any atom is 0.0429 e. The monoisotopic (exact) mass is 157 g/mol. The zero-order valence-electron chi connectivity index (χ0n) is 6.29. The van der Waals surface area contributed by atoms with Crippen LogP contribution >= 0.6 is 12.4 Å². The van der Waals surface area contributed by atoms with E-state index in [0.717, 1.165) is 6.42 Å². The Hall–Kier alpha value is -0.560. The largest absolute Gasteiger partial charge is 0.261 e. The van der Waals surface area contributed by atoms with Gasteiger partial charge in [-0.1, -0.05) is 13.0 Å². The number of halogens is 1. The third kappa shape index (κ3) is 1.99.